The molecule has 0 aliphatic carbocycles. The summed E-state index contributed by atoms with van der Waals surface area (Å²) < 4.78 is 6.36. The molecule has 1 aromatic rings. The molecule has 4 rings (SSSR count). The van der Waals surface area contributed by atoms with Gasteiger partial charge in [-0.25, -0.2) is 0 Å². The van der Waals surface area contributed by atoms with E-state index in [2.05, 4.69) is 34.7 Å². The van der Waals surface area contributed by atoms with E-state index in [-0.39, 0.29) is 11.8 Å². The third-order valence-electron chi connectivity index (χ3n) is 6.02. The number of carbonyl (C=O) groups excluding carboxylic acids is 1. The molecule has 1 spiro atoms. The molecule has 0 radical (unpaired) electrons. The summed E-state index contributed by atoms with van der Waals surface area (Å²) in [6.45, 7) is 8.00. The molecular formula is C19H27N3O2. The van der Waals surface area contributed by atoms with Crippen LogP contribution in [0.2, 0.25) is 0 Å². The number of amides is 1. The van der Waals surface area contributed by atoms with Gasteiger partial charge in [0.2, 0.25) is 5.91 Å². The first-order chi connectivity index (χ1) is 11.6. The third-order valence-corrected chi connectivity index (χ3v) is 6.02. The van der Waals surface area contributed by atoms with E-state index in [0.717, 1.165) is 32.5 Å². The topological polar surface area (TPSA) is 45.7 Å². The molecule has 5 nitrogen and oxygen atoms in total. The van der Waals surface area contributed by atoms with E-state index in [4.69, 9.17) is 4.74 Å². The number of ether oxygens (including phenoxy) is 1. The molecule has 0 saturated carbocycles. The van der Waals surface area contributed by atoms with E-state index in [9.17, 15) is 4.79 Å². The standard InChI is InChI=1S/C19H27N3O2/c1-14(2)17-13-24-19-7-9-21(11-15-4-3-8-20-10-15)12-16(19)5-6-18(23)22(17)19/h3-4,8,10,14,16-17H,5-7,9,11-13H2,1-2H3/t16-,17-,19-/m1/s1. The molecule has 1 amide bonds. The molecule has 0 N–H and O–H groups in total. The van der Waals surface area contributed by atoms with Crippen molar-refractivity contribution in [2.45, 2.75) is 51.4 Å². The van der Waals surface area contributed by atoms with Gasteiger partial charge in [0.1, 0.15) is 5.72 Å². The average Bonchev–Trinajstić information content (AvgIpc) is 2.98. The number of aromatic nitrogens is 1. The maximum absolute atomic E-state index is 12.6. The van der Waals surface area contributed by atoms with Gasteiger partial charge in [-0.2, -0.15) is 0 Å². The fraction of sp³-hybridized carbons (Fsp3) is 0.684. The quantitative estimate of drug-likeness (QED) is 0.853. The highest BCUT2D eigenvalue weighted by Crippen LogP contribution is 2.47. The van der Waals surface area contributed by atoms with E-state index in [1.165, 1.54) is 5.56 Å². The van der Waals surface area contributed by atoms with Gasteiger partial charge in [0.05, 0.1) is 12.6 Å². The SMILES string of the molecule is CC(C)[C@H]1CO[C@]23CCN(Cc4cccnc4)C[C@H]2CCC(=O)N13. The predicted octanol–water partition coefficient (Wildman–Crippen LogP) is 2.28. The molecule has 3 aliphatic rings. The summed E-state index contributed by atoms with van der Waals surface area (Å²) in [6.07, 6.45) is 6.30. The van der Waals surface area contributed by atoms with Crippen LogP contribution in [0.5, 0.6) is 0 Å². The number of carbonyl (C=O) groups is 1. The van der Waals surface area contributed by atoms with Crippen molar-refractivity contribution in [1.29, 1.82) is 0 Å². The van der Waals surface area contributed by atoms with Crippen LogP contribution < -0.4 is 0 Å². The second-order valence-electron chi connectivity index (χ2n) is 7.81. The smallest absolute Gasteiger partial charge is 0.225 e. The summed E-state index contributed by atoms with van der Waals surface area (Å²) in [5.74, 6) is 1.16. The van der Waals surface area contributed by atoms with Crippen LogP contribution in [0.4, 0.5) is 0 Å². The van der Waals surface area contributed by atoms with Gasteiger partial charge >= 0.3 is 0 Å². The van der Waals surface area contributed by atoms with Gasteiger partial charge in [-0.15, -0.1) is 0 Å². The van der Waals surface area contributed by atoms with Gasteiger partial charge in [-0.1, -0.05) is 19.9 Å². The summed E-state index contributed by atoms with van der Waals surface area (Å²) in [5, 5.41) is 0. The zero-order chi connectivity index (χ0) is 16.7. The van der Waals surface area contributed by atoms with Gasteiger partial charge in [-0.3, -0.25) is 14.7 Å². The number of hydrogen-bond donors (Lipinski definition) is 0. The van der Waals surface area contributed by atoms with Crippen molar-refractivity contribution < 1.29 is 9.53 Å². The van der Waals surface area contributed by atoms with E-state index >= 15 is 0 Å². The van der Waals surface area contributed by atoms with Crippen LogP contribution in [0.25, 0.3) is 0 Å². The largest absolute Gasteiger partial charge is 0.353 e. The van der Waals surface area contributed by atoms with Crippen LogP contribution in [-0.4, -0.2) is 52.2 Å². The summed E-state index contributed by atoms with van der Waals surface area (Å²) in [6, 6.07) is 4.37. The van der Waals surface area contributed by atoms with Crippen molar-refractivity contribution in [2.75, 3.05) is 19.7 Å². The Labute approximate surface area is 144 Å². The summed E-state index contributed by atoms with van der Waals surface area (Å²) in [5.41, 5.74) is 0.917. The maximum atomic E-state index is 12.6. The van der Waals surface area contributed by atoms with Crippen molar-refractivity contribution in [3.05, 3.63) is 30.1 Å². The molecule has 0 bridgehead atoms. The fourth-order valence-corrected chi connectivity index (χ4v) is 4.74. The lowest BCUT2D eigenvalue weighted by molar-refractivity contribution is -0.193. The van der Waals surface area contributed by atoms with Crippen LogP contribution in [0.3, 0.4) is 0 Å². The number of rotatable bonds is 3. The van der Waals surface area contributed by atoms with Gasteiger partial charge < -0.3 is 9.64 Å². The van der Waals surface area contributed by atoms with E-state index in [1.54, 1.807) is 0 Å². The van der Waals surface area contributed by atoms with Crippen molar-refractivity contribution in [3.8, 4) is 0 Å². The fourth-order valence-electron chi connectivity index (χ4n) is 4.74. The highest BCUT2D eigenvalue weighted by atomic mass is 16.5. The van der Waals surface area contributed by atoms with Crippen LogP contribution in [-0.2, 0) is 16.1 Å². The van der Waals surface area contributed by atoms with Crippen molar-refractivity contribution >= 4 is 5.91 Å². The minimum absolute atomic E-state index is 0.241. The minimum atomic E-state index is -0.338. The Morgan fingerprint density at radius 2 is 2.33 bits per heavy atom. The van der Waals surface area contributed by atoms with Crippen molar-refractivity contribution in [2.24, 2.45) is 11.8 Å². The number of likely N-dealkylation sites (tertiary alicyclic amines) is 1. The predicted molar refractivity (Wildman–Crippen MR) is 91.0 cm³/mol. The van der Waals surface area contributed by atoms with E-state index < -0.39 is 0 Å². The highest BCUT2D eigenvalue weighted by molar-refractivity contribution is 5.78. The molecule has 3 fully saturated rings. The van der Waals surface area contributed by atoms with Gasteiger partial charge in [0, 0.05) is 50.8 Å². The van der Waals surface area contributed by atoms with Crippen LogP contribution in [0.15, 0.2) is 24.5 Å². The first-order valence-electron chi connectivity index (χ1n) is 9.17. The molecule has 3 saturated heterocycles. The molecule has 4 heterocycles. The van der Waals surface area contributed by atoms with E-state index in [0.29, 0.717) is 30.8 Å². The number of pyridine rings is 1. The zero-order valence-corrected chi connectivity index (χ0v) is 14.6. The number of piperidine rings is 2. The Morgan fingerprint density at radius 3 is 3.08 bits per heavy atom. The van der Waals surface area contributed by atoms with Crippen LogP contribution in [0.1, 0.15) is 38.7 Å². The molecular weight excluding hydrogens is 302 g/mol. The molecule has 0 unspecified atom stereocenters. The van der Waals surface area contributed by atoms with Crippen LogP contribution in [0, 0.1) is 11.8 Å². The molecule has 3 atom stereocenters. The first-order valence-corrected chi connectivity index (χ1v) is 9.17. The van der Waals surface area contributed by atoms with Gasteiger partial charge in [0.15, 0.2) is 0 Å². The lowest BCUT2D eigenvalue weighted by atomic mass is 9.79. The Hall–Kier alpha value is -1.46. The number of nitrogens with zero attached hydrogens (tertiary/aromatic N) is 3. The number of hydrogen-bond acceptors (Lipinski definition) is 4. The second-order valence-corrected chi connectivity index (χ2v) is 7.81. The molecule has 130 valence electrons. The molecule has 5 heteroatoms. The van der Waals surface area contributed by atoms with Gasteiger partial charge in [-0.05, 0) is 24.0 Å². The zero-order valence-electron chi connectivity index (χ0n) is 14.6. The minimum Gasteiger partial charge on any atom is -0.353 e. The maximum Gasteiger partial charge on any atom is 0.225 e. The van der Waals surface area contributed by atoms with Crippen LogP contribution >= 0.6 is 0 Å². The molecule has 1 aromatic heterocycles. The summed E-state index contributed by atoms with van der Waals surface area (Å²) in [7, 11) is 0. The summed E-state index contributed by atoms with van der Waals surface area (Å²) in [4.78, 5) is 21.5. The molecule has 24 heavy (non-hydrogen) atoms. The molecule has 0 aromatic carbocycles. The van der Waals surface area contributed by atoms with Crippen molar-refractivity contribution in [1.82, 2.24) is 14.8 Å². The first kappa shape index (κ1) is 16.0. The van der Waals surface area contributed by atoms with E-state index in [1.807, 2.05) is 18.5 Å². The normalized spacial score (nSPS) is 33.6. The Morgan fingerprint density at radius 1 is 1.46 bits per heavy atom. The monoisotopic (exact) mass is 329 g/mol. The van der Waals surface area contributed by atoms with Crippen molar-refractivity contribution in [3.63, 3.8) is 0 Å². The Balaban J connectivity index is 1.52. The lowest BCUT2D eigenvalue weighted by Gasteiger charge is -2.53. The lowest BCUT2D eigenvalue weighted by Crippen LogP contribution is -2.65. The Bertz CT molecular complexity index is 606. The summed E-state index contributed by atoms with van der Waals surface area (Å²) >= 11 is 0. The average molecular weight is 329 g/mol. The Kier molecular flexibility index (Phi) is 4.09. The second kappa shape index (κ2) is 6.12. The molecule has 3 aliphatic heterocycles. The third kappa shape index (κ3) is 2.54. The van der Waals surface area contributed by atoms with Gasteiger partial charge in [0.25, 0.3) is 0 Å². The highest BCUT2D eigenvalue weighted by Gasteiger charge is 2.58.